The third kappa shape index (κ3) is 2.64. The number of imidazole rings is 1. The second-order valence-corrected chi connectivity index (χ2v) is 6.71. The molecule has 1 fully saturated rings. The lowest BCUT2D eigenvalue weighted by molar-refractivity contribution is 0.0615. The summed E-state index contributed by atoms with van der Waals surface area (Å²) < 4.78 is 1.84. The van der Waals surface area contributed by atoms with Gasteiger partial charge in [0, 0.05) is 30.4 Å². The molecule has 112 valence electrons. The Morgan fingerprint density at radius 1 is 1.33 bits per heavy atom. The van der Waals surface area contributed by atoms with E-state index >= 15 is 0 Å². The van der Waals surface area contributed by atoms with Crippen LogP contribution >= 0.6 is 11.6 Å². The fourth-order valence-electron chi connectivity index (χ4n) is 3.37. The maximum atomic E-state index is 12.9. The zero-order chi connectivity index (χ0) is 15.1. The molecule has 1 amide bonds. The van der Waals surface area contributed by atoms with Crippen molar-refractivity contribution >= 4 is 23.2 Å². The average Bonchev–Trinajstić information content (AvgIpc) is 2.71. The van der Waals surface area contributed by atoms with Crippen LogP contribution in [-0.4, -0.2) is 33.3 Å². The van der Waals surface area contributed by atoms with E-state index in [1.54, 1.807) is 12.1 Å². The second kappa shape index (κ2) is 5.34. The zero-order valence-electron chi connectivity index (χ0n) is 12.6. The minimum absolute atomic E-state index is 0.0701. The van der Waals surface area contributed by atoms with Gasteiger partial charge in [-0.15, -0.1) is 0 Å². The molecule has 0 aromatic carbocycles. The molecule has 5 heteroatoms. The summed E-state index contributed by atoms with van der Waals surface area (Å²) in [7, 11) is 0. The Morgan fingerprint density at radius 3 is 2.67 bits per heavy atom. The van der Waals surface area contributed by atoms with Crippen LogP contribution in [0, 0.1) is 18.8 Å². The smallest absolute Gasteiger partial charge is 0.272 e. The van der Waals surface area contributed by atoms with Gasteiger partial charge in [0.1, 0.15) is 11.3 Å². The van der Waals surface area contributed by atoms with Crippen molar-refractivity contribution in [3.8, 4) is 0 Å². The summed E-state index contributed by atoms with van der Waals surface area (Å²) in [6.45, 7) is 7.94. The Labute approximate surface area is 129 Å². The van der Waals surface area contributed by atoms with E-state index in [1.807, 2.05) is 22.4 Å². The van der Waals surface area contributed by atoms with Crippen LogP contribution in [0.15, 0.2) is 18.3 Å². The van der Waals surface area contributed by atoms with Crippen LogP contribution in [0.2, 0.25) is 5.02 Å². The summed E-state index contributed by atoms with van der Waals surface area (Å²) in [5.41, 5.74) is 2.14. The van der Waals surface area contributed by atoms with Crippen molar-refractivity contribution in [3.05, 3.63) is 34.7 Å². The molecule has 2 unspecified atom stereocenters. The van der Waals surface area contributed by atoms with E-state index in [0.717, 1.165) is 24.4 Å². The van der Waals surface area contributed by atoms with E-state index in [1.165, 1.54) is 6.42 Å². The first kappa shape index (κ1) is 14.4. The number of pyridine rings is 1. The molecule has 0 bridgehead atoms. The lowest BCUT2D eigenvalue weighted by Crippen LogP contribution is -2.43. The Bertz CT molecular complexity index is 684. The molecule has 0 radical (unpaired) electrons. The molecule has 2 aromatic heterocycles. The molecule has 1 aliphatic rings. The number of carbonyl (C=O) groups excluding carboxylic acids is 1. The molecule has 0 aliphatic carbocycles. The number of piperidine rings is 1. The SMILES string of the molecule is Cc1nc2cc(Cl)ccn2c1C(=O)N1CC(C)CC(C)C1. The first-order valence-corrected chi connectivity index (χ1v) is 7.77. The number of carbonyl (C=O) groups is 1. The van der Waals surface area contributed by atoms with Gasteiger partial charge >= 0.3 is 0 Å². The van der Waals surface area contributed by atoms with Crippen LogP contribution in [0.1, 0.15) is 36.5 Å². The molecule has 0 N–H and O–H groups in total. The number of hydrogen-bond donors (Lipinski definition) is 0. The highest BCUT2D eigenvalue weighted by Gasteiger charge is 2.29. The highest BCUT2D eigenvalue weighted by Crippen LogP contribution is 2.24. The van der Waals surface area contributed by atoms with E-state index in [0.29, 0.717) is 22.6 Å². The maximum absolute atomic E-state index is 12.9. The molecule has 0 spiro atoms. The van der Waals surface area contributed by atoms with Crippen molar-refractivity contribution in [1.82, 2.24) is 14.3 Å². The van der Waals surface area contributed by atoms with Crippen LogP contribution in [0.5, 0.6) is 0 Å². The topological polar surface area (TPSA) is 37.6 Å². The molecule has 1 saturated heterocycles. The highest BCUT2D eigenvalue weighted by molar-refractivity contribution is 6.30. The molecule has 3 heterocycles. The van der Waals surface area contributed by atoms with Crippen molar-refractivity contribution < 1.29 is 4.79 Å². The van der Waals surface area contributed by atoms with Crippen LogP contribution in [0.3, 0.4) is 0 Å². The normalized spacial score (nSPS) is 22.8. The first-order valence-electron chi connectivity index (χ1n) is 7.39. The van der Waals surface area contributed by atoms with Gasteiger partial charge in [-0.1, -0.05) is 25.4 Å². The summed E-state index contributed by atoms with van der Waals surface area (Å²) in [6, 6.07) is 3.57. The van der Waals surface area contributed by atoms with Gasteiger partial charge in [0.05, 0.1) is 5.69 Å². The van der Waals surface area contributed by atoms with Gasteiger partial charge < -0.3 is 4.90 Å². The van der Waals surface area contributed by atoms with Crippen molar-refractivity contribution in [2.45, 2.75) is 27.2 Å². The van der Waals surface area contributed by atoms with E-state index in [-0.39, 0.29) is 5.91 Å². The summed E-state index contributed by atoms with van der Waals surface area (Å²) >= 11 is 6.00. The van der Waals surface area contributed by atoms with Gasteiger partial charge in [-0.25, -0.2) is 4.98 Å². The van der Waals surface area contributed by atoms with Crippen LogP contribution in [0.4, 0.5) is 0 Å². The van der Waals surface area contributed by atoms with E-state index < -0.39 is 0 Å². The predicted octanol–water partition coefficient (Wildman–Crippen LogP) is 3.41. The second-order valence-electron chi connectivity index (χ2n) is 6.28. The average molecular weight is 306 g/mol. The molecular formula is C16H20ClN3O. The third-order valence-electron chi connectivity index (χ3n) is 4.12. The Hall–Kier alpha value is -1.55. The lowest BCUT2D eigenvalue weighted by Gasteiger charge is -2.35. The molecule has 4 nitrogen and oxygen atoms in total. The molecule has 1 aliphatic heterocycles. The van der Waals surface area contributed by atoms with Crippen molar-refractivity contribution in [2.24, 2.45) is 11.8 Å². The number of hydrogen-bond acceptors (Lipinski definition) is 2. The van der Waals surface area contributed by atoms with Crippen LogP contribution in [0.25, 0.3) is 5.65 Å². The molecule has 2 aromatic rings. The van der Waals surface area contributed by atoms with Gasteiger partial charge in [-0.3, -0.25) is 9.20 Å². The van der Waals surface area contributed by atoms with Gasteiger partial charge in [0.15, 0.2) is 0 Å². The van der Waals surface area contributed by atoms with E-state index in [4.69, 9.17) is 11.6 Å². The Balaban J connectivity index is 1.99. The number of nitrogens with zero attached hydrogens (tertiary/aromatic N) is 3. The molecule has 3 rings (SSSR count). The van der Waals surface area contributed by atoms with Crippen molar-refractivity contribution in [3.63, 3.8) is 0 Å². The number of aromatic nitrogens is 2. The Morgan fingerprint density at radius 2 is 2.00 bits per heavy atom. The van der Waals surface area contributed by atoms with Gasteiger partial charge in [0.2, 0.25) is 0 Å². The van der Waals surface area contributed by atoms with Crippen molar-refractivity contribution in [1.29, 1.82) is 0 Å². The fourth-order valence-corrected chi connectivity index (χ4v) is 3.53. The summed E-state index contributed by atoms with van der Waals surface area (Å²) in [5.74, 6) is 1.17. The number of rotatable bonds is 1. The first-order chi connectivity index (χ1) is 9.95. The number of likely N-dealkylation sites (tertiary alicyclic amines) is 1. The molecule has 2 atom stereocenters. The standard InChI is InChI=1S/C16H20ClN3O/c1-10-6-11(2)9-19(8-10)16(21)15-12(3)18-14-7-13(17)4-5-20(14)15/h4-5,7,10-11H,6,8-9H2,1-3H3. The molecule has 0 saturated carbocycles. The summed E-state index contributed by atoms with van der Waals surface area (Å²) in [6.07, 6.45) is 3.01. The fraction of sp³-hybridized carbons (Fsp3) is 0.500. The highest BCUT2D eigenvalue weighted by atomic mass is 35.5. The molecule has 21 heavy (non-hydrogen) atoms. The largest absolute Gasteiger partial charge is 0.337 e. The number of halogens is 1. The Kier molecular flexibility index (Phi) is 3.66. The van der Waals surface area contributed by atoms with Gasteiger partial charge in [-0.2, -0.15) is 0 Å². The number of aryl methyl sites for hydroxylation is 1. The van der Waals surface area contributed by atoms with Crippen LogP contribution in [-0.2, 0) is 0 Å². The number of amides is 1. The van der Waals surface area contributed by atoms with Crippen molar-refractivity contribution in [2.75, 3.05) is 13.1 Å². The van der Waals surface area contributed by atoms with E-state index in [2.05, 4.69) is 18.8 Å². The third-order valence-corrected chi connectivity index (χ3v) is 4.36. The maximum Gasteiger partial charge on any atom is 0.272 e. The minimum Gasteiger partial charge on any atom is -0.337 e. The zero-order valence-corrected chi connectivity index (χ0v) is 13.4. The lowest BCUT2D eigenvalue weighted by atomic mass is 9.91. The monoisotopic (exact) mass is 305 g/mol. The van der Waals surface area contributed by atoms with Gasteiger partial charge in [0.25, 0.3) is 5.91 Å². The van der Waals surface area contributed by atoms with Gasteiger partial charge in [-0.05, 0) is 31.2 Å². The minimum atomic E-state index is 0.0701. The predicted molar refractivity (Wildman–Crippen MR) is 83.8 cm³/mol. The van der Waals surface area contributed by atoms with E-state index in [9.17, 15) is 4.79 Å². The van der Waals surface area contributed by atoms with Crippen LogP contribution < -0.4 is 0 Å². The summed E-state index contributed by atoms with van der Waals surface area (Å²) in [5, 5.41) is 0.631. The molecular weight excluding hydrogens is 286 g/mol. The quantitative estimate of drug-likeness (QED) is 0.809. The summed E-state index contributed by atoms with van der Waals surface area (Å²) in [4.78, 5) is 19.3. The number of fused-ring (bicyclic) bond motifs is 1.